The minimum absolute atomic E-state index is 0.00696. The van der Waals surface area contributed by atoms with E-state index in [1.54, 1.807) is 52.8 Å². The summed E-state index contributed by atoms with van der Waals surface area (Å²) in [5.74, 6) is -7.11. The molecule has 370 valence electrons. The predicted molar refractivity (Wildman–Crippen MR) is 257 cm³/mol. The van der Waals surface area contributed by atoms with E-state index in [1.807, 2.05) is 26.0 Å². The smallest absolute Gasteiger partial charge is 0.312 e. The lowest BCUT2D eigenvalue weighted by Gasteiger charge is -2.38. The summed E-state index contributed by atoms with van der Waals surface area (Å²) in [5, 5.41) is 53.3. The molecule has 0 fully saturated rings. The minimum Gasteiger partial charge on any atom is -0.507 e. The minimum atomic E-state index is -2.01. The van der Waals surface area contributed by atoms with Crippen molar-refractivity contribution in [2.75, 3.05) is 62.2 Å². The number of Topliss-reactive ketones (excluding diaryl/α,β-unsaturated/α-hetero) is 1. The molecule has 3 aromatic carbocycles. The van der Waals surface area contributed by atoms with Crippen LogP contribution in [0.2, 0.25) is 0 Å². The molecule has 0 saturated heterocycles. The first-order valence-corrected chi connectivity index (χ1v) is 23.2. The summed E-state index contributed by atoms with van der Waals surface area (Å²) in [6, 6.07) is 5.52. The van der Waals surface area contributed by atoms with Crippen molar-refractivity contribution in [3.63, 3.8) is 0 Å². The van der Waals surface area contributed by atoms with E-state index in [1.165, 1.54) is 46.3 Å². The van der Waals surface area contributed by atoms with Crippen LogP contribution in [0.5, 0.6) is 28.7 Å². The molecule has 0 saturated carbocycles. The molecule has 6 rings (SSSR count). The molecule has 3 aliphatic heterocycles. The van der Waals surface area contributed by atoms with Gasteiger partial charge in [0, 0.05) is 99.2 Å². The van der Waals surface area contributed by atoms with E-state index in [0.29, 0.717) is 51.0 Å². The SMILES string of the molecule is CCOCCN(CCOCC)c1ccc2c(c1)Oc1c3c(O)c4c(O)c(C)c5c(c4c1N2)C(=O)[C@@](C)(O/C=C/[C@H](OC)[C@@H](C)[C@@H](OC(C)=O)[C@H](C)[C@H](O)[C@H](C)[C@@H](O)[C@@H](C)/C=C/C=C(/C)C(=O)N3)O5. The van der Waals surface area contributed by atoms with Crippen LogP contribution in [-0.2, 0) is 33.3 Å². The summed E-state index contributed by atoms with van der Waals surface area (Å²) in [6.45, 7) is 19.7. The van der Waals surface area contributed by atoms with Gasteiger partial charge in [-0.15, -0.1) is 0 Å². The van der Waals surface area contributed by atoms with Crippen LogP contribution in [0, 0.1) is 30.6 Å². The largest absolute Gasteiger partial charge is 0.507 e. The number of aliphatic hydroxyl groups is 2. The molecule has 0 unspecified atom stereocenters. The second-order valence-electron chi connectivity index (χ2n) is 17.8. The van der Waals surface area contributed by atoms with Gasteiger partial charge in [-0.3, -0.25) is 14.4 Å². The Kier molecular flexibility index (Phi) is 16.4. The van der Waals surface area contributed by atoms with Crippen molar-refractivity contribution in [3.8, 4) is 28.7 Å². The predicted octanol–water partition coefficient (Wildman–Crippen LogP) is 7.78. The molecule has 17 heteroatoms. The molecule has 9 atom stereocenters. The van der Waals surface area contributed by atoms with E-state index in [-0.39, 0.29) is 50.3 Å². The molecule has 1 amide bonds. The van der Waals surface area contributed by atoms with Crippen LogP contribution >= 0.6 is 0 Å². The van der Waals surface area contributed by atoms with Crippen molar-refractivity contribution in [1.29, 1.82) is 0 Å². The van der Waals surface area contributed by atoms with Gasteiger partial charge < -0.3 is 69.1 Å². The molecule has 0 spiro atoms. The molecule has 3 heterocycles. The van der Waals surface area contributed by atoms with Crippen molar-refractivity contribution >= 4 is 51.2 Å². The number of phenols is 2. The number of nitrogens with one attached hydrogen (secondary N) is 2. The number of nitrogens with zero attached hydrogens (tertiary/aromatic N) is 1. The number of hydrogen-bond donors (Lipinski definition) is 6. The number of methoxy groups -OCH3 is 1. The monoisotopic (exact) mass is 945 g/mol. The summed E-state index contributed by atoms with van der Waals surface area (Å²) < 4.78 is 42.1. The van der Waals surface area contributed by atoms with Gasteiger partial charge in [0.05, 0.1) is 60.1 Å². The molecule has 3 aliphatic rings. The third kappa shape index (κ3) is 10.3. The third-order valence-corrected chi connectivity index (χ3v) is 13.2. The number of aliphatic hydroxyl groups excluding tert-OH is 2. The molecular weight excluding hydrogens is 879 g/mol. The molecule has 0 aromatic heterocycles. The van der Waals surface area contributed by atoms with E-state index >= 15 is 0 Å². The van der Waals surface area contributed by atoms with Gasteiger partial charge in [-0.05, 0) is 45.9 Å². The third-order valence-electron chi connectivity index (χ3n) is 13.2. The van der Waals surface area contributed by atoms with E-state index in [9.17, 15) is 34.8 Å². The summed E-state index contributed by atoms with van der Waals surface area (Å²) in [7, 11) is 1.46. The lowest BCUT2D eigenvalue weighted by molar-refractivity contribution is -0.160. The zero-order valence-electron chi connectivity index (χ0n) is 40.8. The molecular formula is C51H67N3O14. The van der Waals surface area contributed by atoms with Crippen molar-refractivity contribution in [2.24, 2.45) is 23.7 Å². The number of ether oxygens (including phenoxy) is 7. The number of anilines is 4. The number of amides is 1. The maximum atomic E-state index is 14.9. The van der Waals surface area contributed by atoms with Gasteiger partial charge in [-0.2, -0.15) is 0 Å². The number of ketones is 1. The van der Waals surface area contributed by atoms with Gasteiger partial charge in [0.2, 0.25) is 0 Å². The number of esters is 1. The maximum Gasteiger partial charge on any atom is 0.312 e. The maximum absolute atomic E-state index is 14.9. The van der Waals surface area contributed by atoms with Gasteiger partial charge in [0.1, 0.15) is 23.3 Å². The van der Waals surface area contributed by atoms with Crippen LogP contribution in [0.15, 0.2) is 54.3 Å². The Morgan fingerprint density at radius 3 is 2.18 bits per heavy atom. The van der Waals surface area contributed by atoms with Gasteiger partial charge in [-0.25, -0.2) is 0 Å². The standard InChI is InChI=1S/C51H67N3O14/c1-12-63-23-20-54(21-24-64-13-2)33-17-18-34-36(25-33)67-48-40(52-34)37-38-44(58)31(8)47-39(37)49(60)51(10,68-47)65-22-19-35(62-11)28(5)46(66-32(9)55)30(7)43(57)29(6)42(56)26(3)15-14-16-27(4)50(61)53-41(48)45(38)59/h14-19,22,25-26,28-30,35,42-43,46,52,56-59H,12-13,20-21,23-24H2,1-11H3,(H,53,61)/b15-14+,22-19+,27-16-/t26-,28+,29+,30+,35-,42-,43+,46+,51-/m0/s1. The summed E-state index contributed by atoms with van der Waals surface area (Å²) >= 11 is 0. The lowest BCUT2D eigenvalue weighted by Crippen LogP contribution is -2.46. The van der Waals surface area contributed by atoms with Gasteiger partial charge in [-0.1, -0.05) is 45.9 Å². The van der Waals surface area contributed by atoms with Crippen LogP contribution in [-0.4, -0.2) is 115 Å². The number of allylic oxidation sites excluding steroid dienone is 2. The Bertz CT molecular complexity index is 2460. The number of aromatic hydroxyl groups is 2. The van der Waals surface area contributed by atoms with Crippen LogP contribution in [0.25, 0.3) is 10.8 Å². The second kappa shape index (κ2) is 21.6. The Hall–Kier alpha value is -5.85. The number of phenolic OH excluding ortho intramolecular Hbond substituents is 2. The number of fused-ring (bicyclic) bond motifs is 2. The zero-order chi connectivity index (χ0) is 49.8. The van der Waals surface area contributed by atoms with E-state index in [0.717, 1.165) is 5.69 Å². The first-order valence-electron chi connectivity index (χ1n) is 23.2. The highest BCUT2D eigenvalue weighted by molar-refractivity contribution is 6.25. The number of hydrogen-bond acceptors (Lipinski definition) is 16. The molecule has 4 bridgehead atoms. The first-order chi connectivity index (χ1) is 32.3. The van der Waals surface area contributed by atoms with E-state index in [2.05, 4.69) is 15.5 Å². The molecule has 0 radical (unpaired) electrons. The summed E-state index contributed by atoms with van der Waals surface area (Å²) in [5.41, 5.74) is 1.51. The van der Waals surface area contributed by atoms with Gasteiger partial charge in [0.15, 0.2) is 17.2 Å². The summed E-state index contributed by atoms with van der Waals surface area (Å²) in [6.07, 6.45) is 3.74. The Morgan fingerprint density at radius 2 is 1.54 bits per heavy atom. The van der Waals surface area contributed by atoms with Crippen molar-refractivity contribution in [3.05, 3.63) is 65.5 Å². The fraction of sp³-hybridized carbons (Fsp3) is 0.510. The second-order valence-corrected chi connectivity index (χ2v) is 17.8. The van der Waals surface area contributed by atoms with Crippen LogP contribution in [0.4, 0.5) is 22.7 Å². The van der Waals surface area contributed by atoms with Crippen molar-refractivity contribution in [1.82, 2.24) is 0 Å². The number of benzene rings is 3. The van der Waals surface area contributed by atoms with Crippen LogP contribution in [0.1, 0.15) is 78.2 Å². The fourth-order valence-electron chi connectivity index (χ4n) is 9.08. The van der Waals surface area contributed by atoms with Crippen LogP contribution in [0.3, 0.4) is 0 Å². The fourth-order valence-corrected chi connectivity index (χ4v) is 9.08. The first kappa shape index (κ1) is 51.5. The molecule has 17 nitrogen and oxygen atoms in total. The lowest BCUT2D eigenvalue weighted by atomic mass is 9.78. The Morgan fingerprint density at radius 1 is 0.868 bits per heavy atom. The highest BCUT2D eigenvalue weighted by atomic mass is 16.7. The topological polar surface area (TPSA) is 224 Å². The number of rotatable bonds is 11. The van der Waals surface area contributed by atoms with Crippen molar-refractivity contribution in [2.45, 2.75) is 99.4 Å². The molecule has 0 aliphatic carbocycles. The average molecular weight is 946 g/mol. The summed E-state index contributed by atoms with van der Waals surface area (Å²) in [4.78, 5) is 43.5. The highest BCUT2D eigenvalue weighted by Gasteiger charge is 2.50. The Labute approximate surface area is 397 Å². The molecule has 68 heavy (non-hydrogen) atoms. The van der Waals surface area contributed by atoms with E-state index < -0.39 is 83.0 Å². The highest BCUT2D eigenvalue weighted by Crippen LogP contribution is 2.60. The number of carbonyl (C=O) groups excluding carboxylic acids is 3. The quantitative estimate of drug-likeness (QED) is 0.0366. The van der Waals surface area contributed by atoms with Crippen LogP contribution < -0.4 is 25.0 Å². The average Bonchev–Trinajstić information content (AvgIpc) is 3.58. The normalized spacial score (nSPS) is 27.9. The Balaban J connectivity index is 1.53. The number of carbonyl (C=O) groups is 3. The van der Waals surface area contributed by atoms with Gasteiger partial charge in [0.25, 0.3) is 11.7 Å². The van der Waals surface area contributed by atoms with Crippen molar-refractivity contribution < 1.29 is 68.0 Å². The zero-order valence-corrected chi connectivity index (χ0v) is 40.8. The molecule has 3 aromatic rings. The van der Waals surface area contributed by atoms with Gasteiger partial charge >= 0.3 is 11.8 Å². The van der Waals surface area contributed by atoms with E-state index in [4.69, 9.17) is 33.2 Å². The molecule has 6 N–H and O–H groups in total.